The Bertz CT molecular complexity index is 2080. The molecule has 0 aliphatic heterocycles. The number of benzene rings is 1. The highest BCUT2D eigenvalue weighted by Gasteiger charge is 2.32. The van der Waals surface area contributed by atoms with Crippen LogP contribution in [-0.2, 0) is 54.4 Å². The van der Waals surface area contributed by atoms with Crippen molar-refractivity contribution in [3.05, 3.63) is 35.9 Å². The molecule has 0 aliphatic carbocycles. The number of nitrogens with two attached hydrogens (primary N) is 7. The van der Waals surface area contributed by atoms with Crippen molar-refractivity contribution in [3.63, 3.8) is 0 Å². The molecule has 1 aromatic rings. The number of aliphatic hydroxyl groups excluding tert-OH is 1. The van der Waals surface area contributed by atoms with Gasteiger partial charge in [-0.2, -0.15) is 0 Å². The van der Waals surface area contributed by atoms with Crippen molar-refractivity contribution in [1.29, 1.82) is 0 Å². The Morgan fingerprint density at radius 3 is 1.54 bits per heavy atom. The number of carbonyl (C=O) groups is 10. The van der Waals surface area contributed by atoms with E-state index in [1.807, 2.05) is 0 Å². The molecular formula is C51H91N17O11. The zero-order valence-corrected chi connectivity index (χ0v) is 46.0. The van der Waals surface area contributed by atoms with E-state index in [1.165, 1.54) is 6.92 Å². The molecule has 0 spiro atoms. The van der Waals surface area contributed by atoms with Crippen LogP contribution < -0.4 is 88.0 Å². The van der Waals surface area contributed by atoms with Gasteiger partial charge in [-0.05, 0) is 83.5 Å². The number of amides is 10. The second kappa shape index (κ2) is 41.1. The van der Waals surface area contributed by atoms with Gasteiger partial charge in [0, 0.05) is 32.5 Å². The lowest BCUT2D eigenvalue weighted by Crippen LogP contribution is -2.59. The molecule has 28 heteroatoms. The predicted molar refractivity (Wildman–Crippen MR) is 297 cm³/mol. The number of guanidine groups is 1. The maximum atomic E-state index is 14.1. The maximum absolute atomic E-state index is 14.1. The van der Waals surface area contributed by atoms with Crippen molar-refractivity contribution in [2.45, 2.75) is 171 Å². The molecule has 0 heterocycles. The molecule has 28 nitrogen and oxygen atoms in total. The van der Waals surface area contributed by atoms with E-state index in [0.29, 0.717) is 18.4 Å². The average molecular weight is 1120 g/mol. The summed E-state index contributed by atoms with van der Waals surface area (Å²) >= 11 is 0. The number of aliphatic imine (C=N–C) groups is 1. The molecule has 24 N–H and O–H groups in total. The van der Waals surface area contributed by atoms with Crippen LogP contribution in [0.5, 0.6) is 0 Å². The molecule has 0 bridgehead atoms. The summed E-state index contributed by atoms with van der Waals surface area (Å²) in [4.78, 5) is 137. The van der Waals surface area contributed by atoms with Crippen LogP contribution in [0, 0.1) is 0 Å². The Morgan fingerprint density at radius 1 is 0.519 bits per heavy atom. The predicted octanol–water partition coefficient (Wildman–Crippen LogP) is -4.91. The lowest BCUT2D eigenvalue weighted by Gasteiger charge is -2.26. The first kappa shape index (κ1) is 70.0. The van der Waals surface area contributed by atoms with Gasteiger partial charge in [0.1, 0.15) is 36.3 Å². The number of hydrogen-bond donors (Lipinski definition) is 17. The first-order chi connectivity index (χ1) is 37.6. The van der Waals surface area contributed by atoms with Crippen molar-refractivity contribution in [3.8, 4) is 0 Å². The fourth-order valence-electron chi connectivity index (χ4n) is 7.87. The fourth-order valence-corrected chi connectivity index (χ4v) is 7.87. The fraction of sp³-hybridized carbons (Fsp3) is 0.667. The lowest BCUT2D eigenvalue weighted by atomic mass is 10.0. The Balaban J connectivity index is 3.33. The van der Waals surface area contributed by atoms with Crippen LogP contribution in [0.3, 0.4) is 0 Å². The van der Waals surface area contributed by atoms with Crippen LogP contribution in [0.15, 0.2) is 35.3 Å². The molecule has 79 heavy (non-hydrogen) atoms. The van der Waals surface area contributed by atoms with Crippen molar-refractivity contribution >= 4 is 65.0 Å². The van der Waals surface area contributed by atoms with E-state index >= 15 is 0 Å². The van der Waals surface area contributed by atoms with E-state index in [2.05, 4.69) is 59.8 Å². The van der Waals surface area contributed by atoms with Gasteiger partial charge in [0.25, 0.3) is 0 Å². The second-order valence-electron chi connectivity index (χ2n) is 19.2. The molecule has 1 aromatic carbocycles. The number of nitrogens with zero attached hydrogens (tertiary/aromatic N) is 1. The number of hydrogen-bond acceptors (Lipinski definition) is 16. The standard InChI is InChI=1S/C51H91N17O11/c1-3-4-5-6-7-8-12-17-41(70)63-36(19-24-53)47(76)67-39(21-27-59-42(71)29-32(2)69)50(79)66-37(20-25-54)48(77)68-40(30-33-14-10-9-11-15-33)46(75)62-31-43(72)64-38(49(78)65-35(18-23-52)44(56)73)22-28-60-45(74)34(55)16-13-26-61-51(57)58/h9-11,14-15,32,34-40,69H,3-8,12-13,16-31,52-55H2,1-2H3,(H2,56,73)(H,59,71)(H,60,74)(H,62,75)(H,63,70)(H,64,72)(H,65,78)(H,66,79)(H,67,76)(H,68,77)(H4,57,58,61)/t32-,34+,35+,36-,37+,38+,39+,40-/m1/s1. The van der Waals surface area contributed by atoms with E-state index in [1.54, 1.807) is 30.3 Å². The molecule has 0 aliphatic rings. The van der Waals surface area contributed by atoms with Crippen LogP contribution in [0.4, 0.5) is 0 Å². The Labute approximate surface area is 462 Å². The van der Waals surface area contributed by atoms with Crippen molar-refractivity contribution in [2.24, 2.45) is 45.1 Å². The molecule has 0 radical (unpaired) electrons. The topological polar surface area (TPSA) is 494 Å². The molecule has 0 fully saturated rings. The van der Waals surface area contributed by atoms with Crippen molar-refractivity contribution < 1.29 is 53.1 Å². The third kappa shape index (κ3) is 31.9. The van der Waals surface area contributed by atoms with Gasteiger partial charge in [0.05, 0.1) is 25.1 Å². The summed E-state index contributed by atoms with van der Waals surface area (Å²) in [5.41, 5.74) is 40.0. The van der Waals surface area contributed by atoms with Gasteiger partial charge in [-0.25, -0.2) is 0 Å². The summed E-state index contributed by atoms with van der Waals surface area (Å²) < 4.78 is 0. The number of nitrogens with one attached hydrogen (secondary N) is 9. The largest absolute Gasteiger partial charge is 0.393 e. The molecule has 0 saturated heterocycles. The third-order valence-electron chi connectivity index (χ3n) is 12.2. The van der Waals surface area contributed by atoms with Gasteiger partial charge in [0.15, 0.2) is 5.96 Å². The van der Waals surface area contributed by atoms with E-state index < -0.39 is 108 Å². The van der Waals surface area contributed by atoms with Crippen LogP contribution in [0.1, 0.15) is 122 Å². The number of carbonyl (C=O) groups excluding carboxylic acids is 10. The highest BCUT2D eigenvalue weighted by Crippen LogP contribution is 2.10. The highest BCUT2D eigenvalue weighted by atomic mass is 16.3. The summed E-state index contributed by atoms with van der Waals surface area (Å²) in [5.74, 6) is -7.57. The average Bonchev–Trinajstić information content (AvgIpc) is 3.40. The molecule has 446 valence electrons. The zero-order valence-electron chi connectivity index (χ0n) is 46.0. The lowest BCUT2D eigenvalue weighted by molar-refractivity contribution is -0.135. The molecule has 1 rings (SSSR count). The van der Waals surface area contributed by atoms with Crippen LogP contribution >= 0.6 is 0 Å². The van der Waals surface area contributed by atoms with Gasteiger partial charge >= 0.3 is 0 Å². The first-order valence-electron chi connectivity index (χ1n) is 27.2. The Morgan fingerprint density at radius 2 is 1.00 bits per heavy atom. The molecular weight excluding hydrogens is 1030 g/mol. The van der Waals surface area contributed by atoms with Gasteiger partial charge in [-0.3, -0.25) is 52.9 Å². The minimum absolute atomic E-state index is 0.0117. The normalized spacial score (nSPS) is 14.0. The highest BCUT2D eigenvalue weighted by molar-refractivity contribution is 5.97. The van der Waals surface area contributed by atoms with E-state index in [4.69, 9.17) is 40.1 Å². The summed E-state index contributed by atoms with van der Waals surface area (Å²) in [6, 6.07) is -0.341. The van der Waals surface area contributed by atoms with Gasteiger partial charge < -0.3 is 93.1 Å². The molecule has 8 atom stereocenters. The minimum atomic E-state index is -1.40. The van der Waals surface area contributed by atoms with E-state index in [-0.39, 0.29) is 109 Å². The van der Waals surface area contributed by atoms with E-state index in [0.717, 1.165) is 38.5 Å². The summed E-state index contributed by atoms with van der Waals surface area (Å²) in [6.07, 6.45) is 5.81. The second-order valence-corrected chi connectivity index (χ2v) is 19.2. The monoisotopic (exact) mass is 1120 g/mol. The van der Waals surface area contributed by atoms with Gasteiger partial charge in [-0.15, -0.1) is 0 Å². The Kier molecular flexibility index (Phi) is 36.4. The smallest absolute Gasteiger partial charge is 0.243 e. The third-order valence-corrected chi connectivity index (χ3v) is 12.2. The minimum Gasteiger partial charge on any atom is -0.393 e. The van der Waals surface area contributed by atoms with Crippen LogP contribution in [0.2, 0.25) is 0 Å². The quantitative estimate of drug-likeness (QED) is 0.0166. The molecule has 0 unspecified atom stereocenters. The summed E-state index contributed by atoms with van der Waals surface area (Å²) in [7, 11) is 0. The van der Waals surface area contributed by atoms with Gasteiger partial charge in [-0.1, -0.05) is 75.8 Å². The Hall–Kier alpha value is -7.01. The zero-order chi connectivity index (χ0) is 59.1. The number of primary amides is 1. The molecule has 10 amide bonds. The van der Waals surface area contributed by atoms with Crippen molar-refractivity contribution in [1.82, 2.24) is 47.9 Å². The SMILES string of the molecule is CCCCCCCCCC(=O)N[C@H](CCN)C(=O)N[C@@H](CCNC(=O)C[C@@H](C)O)C(=O)N[C@@H](CCN)C(=O)N[C@H](Cc1ccccc1)C(=O)NCC(=O)N[C@@H](CCNC(=O)[C@@H](N)CCCN=C(N)N)C(=O)N[C@@H](CCN)C(N)=O. The maximum Gasteiger partial charge on any atom is 0.243 e. The van der Waals surface area contributed by atoms with Crippen LogP contribution in [0.25, 0.3) is 0 Å². The van der Waals surface area contributed by atoms with E-state index in [9.17, 15) is 53.1 Å². The first-order valence-corrected chi connectivity index (χ1v) is 27.2. The van der Waals surface area contributed by atoms with Crippen LogP contribution in [-0.4, -0.2) is 164 Å². The van der Waals surface area contributed by atoms with Crippen molar-refractivity contribution in [2.75, 3.05) is 45.8 Å². The number of aliphatic hydroxyl groups is 1. The summed E-state index contributed by atoms with van der Waals surface area (Å²) in [6.45, 7) is 2.59. The number of rotatable bonds is 43. The molecule has 0 aromatic heterocycles. The summed E-state index contributed by atoms with van der Waals surface area (Å²) in [5, 5.41) is 32.8. The molecule has 0 saturated carbocycles. The number of unbranched alkanes of at least 4 members (excludes halogenated alkanes) is 6. The van der Waals surface area contributed by atoms with Gasteiger partial charge in [0.2, 0.25) is 59.1 Å².